The highest BCUT2D eigenvalue weighted by Gasteiger charge is 2.41. The number of aryl methyl sites for hydroxylation is 1. The number of carbonyl (C=O) groups excluding carboxylic acids is 1. The zero-order valence-corrected chi connectivity index (χ0v) is 18.4. The van der Waals surface area contributed by atoms with Gasteiger partial charge in [-0.05, 0) is 47.8 Å². The molecule has 0 radical (unpaired) electrons. The molecule has 1 aromatic carbocycles. The van der Waals surface area contributed by atoms with E-state index in [1.807, 2.05) is 13.0 Å². The average Bonchev–Trinajstić information content (AvgIpc) is 3.05. The maximum absolute atomic E-state index is 13.1. The summed E-state index contributed by atoms with van der Waals surface area (Å²) in [6.07, 6.45) is 1.67. The van der Waals surface area contributed by atoms with Gasteiger partial charge in [0, 0.05) is 44.1 Å². The second-order valence-corrected chi connectivity index (χ2v) is 9.29. The third-order valence-electron chi connectivity index (χ3n) is 5.37. The van der Waals surface area contributed by atoms with Crippen LogP contribution < -0.4 is 10.6 Å². The van der Waals surface area contributed by atoms with E-state index in [4.69, 9.17) is 5.73 Å². The van der Waals surface area contributed by atoms with Crippen LogP contribution in [-0.2, 0) is 4.79 Å². The molecule has 2 aliphatic rings. The van der Waals surface area contributed by atoms with Crippen LogP contribution in [0.25, 0.3) is 0 Å². The zero-order chi connectivity index (χ0) is 21.6. The largest absolute Gasteiger partial charge is 0.384 e. The molecule has 0 bridgehead atoms. The Morgan fingerprint density at radius 1 is 1.37 bits per heavy atom. The SMILES string of the molecule is Cc1sc(C2C(C#N)=C(N)N(c3cccc([N+](=O)[O-])c3)C3=C2C(=O)CCC3)cc1Br. The molecule has 2 aromatic rings. The van der Waals surface area contributed by atoms with Crippen LogP contribution >= 0.6 is 27.3 Å². The van der Waals surface area contributed by atoms with E-state index >= 15 is 0 Å². The summed E-state index contributed by atoms with van der Waals surface area (Å²) in [5.74, 6) is -0.333. The summed E-state index contributed by atoms with van der Waals surface area (Å²) in [4.78, 5) is 27.4. The molecule has 30 heavy (non-hydrogen) atoms. The van der Waals surface area contributed by atoms with Crippen molar-refractivity contribution in [2.75, 3.05) is 4.90 Å². The predicted molar refractivity (Wildman–Crippen MR) is 118 cm³/mol. The standard InChI is InChI=1S/C21H17BrN4O3S/c1-11-15(22)9-18(30-11)19-14(10-23)21(24)25(16-6-3-7-17(27)20(16)19)12-4-2-5-13(8-12)26(28)29/h2,4-5,8-9,19H,3,6-7,24H2,1H3. The fourth-order valence-electron chi connectivity index (χ4n) is 4.04. The van der Waals surface area contributed by atoms with E-state index < -0.39 is 10.8 Å². The van der Waals surface area contributed by atoms with E-state index in [1.54, 1.807) is 17.0 Å². The van der Waals surface area contributed by atoms with Crippen LogP contribution in [-0.4, -0.2) is 10.7 Å². The number of non-ortho nitro benzene ring substituents is 1. The lowest BCUT2D eigenvalue weighted by molar-refractivity contribution is -0.384. The summed E-state index contributed by atoms with van der Waals surface area (Å²) in [6.45, 7) is 1.97. The van der Waals surface area contributed by atoms with Crippen LogP contribution in [0.1, 0.15) is 34.9 Å². The van der Waals surface area contributed by atoms with Crippen molar-refractivity contribution in [3.8, 4) is 6.07 Å². The van der Waals surface area contributed by atoms with Crippen molar-refractivity contribution in [3.63, 3.8) is 0 Å². The molecular formula is C21H17BrN4O3S. The first-order chi connectivity index (χ1) is 14.3. The molecule has 0 amide bonds. The van der Waals surface area contributed by atoms with E-state index in [0.29, 0.717) is 30.5 Å². The summed E-state index contributed by atoms with van der Waals surface area (Å²) < 4.78 is 0.921. The van der Waals surface area contributed by atoms with E-state index in [1.165, 1.54) is 23.5 Å². The minimum atomic E-state index is -0.525. The molecule has 2 N–H and O–H groups in total. The molecule has 9 heteroatoms. The smallest absolute Gasteiger partial charge is 0.271 e. The fourth-order valence-corrected chi connectivity index (χ4v) is 5.72. The molecule has 0 saturated carbocycles. The van der Waals surface area contributed by atoms with Gasteiger partial charge >= 0.3 is 0 Å². The van der Waals surface area contributed by atoms with Gasteiger partial charge in [-0.3, -0.25) is 19.8 Å². The summed E-state index contributed by atoms with van der Waals surface area (Å²) in [7, 11) is 0. The van der Waals surface area contributed by atoms with Crippen molar-refractivity contribution in [1.82, 2.24) is 0 Å². The molecule has 1 aromatic heterocycles. The predicted octanol–water partition coefficient (Wildman–Crippen LogP) is 5.03. The average molecular weight is 485 g/mol. The van der Waals surface area contributed by atoms with Crippen LogP contribution in [0.3, 0.4) is 0 Å². The Morgan fingerprint density at radius 3 is 2.77 bits per heavy atom. The Hall–Kier alpha value is -2.96. The Morgan fingerprint density at radius 2 is 2.13 bits per heavy atom. The Labute approximate surface area is 185 Å². The molecular weight excluding hydrogens is 468 g/mol. The minimum Gasteiger partial charge on any atom is -0.384 e. The zero-order valence-electron chi connectivity index (χ0n) is 16.0. The number of ketones is 1. The van der Waals surface area contributed by atoms with Gasteiger partial charge in [0.2, 0.25) is 0 Å². The fraction of sp³-hybridized carbons (Fsp3) is 0.238. The summed E-state index contributed by atoms with van der Waals surface area (Å²) >= 11 is 5.04. The van der Waals surface area contributed by atoms with Gasteiger partial charge in [-0.1, -0.05) is 6.07 Å². The number of nitro benzene ring substituents is 1. The molecule has 0 fully saturated rings. The van der Waals surface area contributed by atoms with Gasteiger partial charge in [-0.15, -0.1) is 11.3 Å². The number of Topliss-reactive ketones (excluding diaryl/α,β-unsaturated/α-hetero) is 1. The third-order valence-corrected chi connectivity index (χ3v) is 7.57. The molecule has 1 unspecified atom stereocenters. The number of halogens is 1. The van der Waals surface area contributed by atoms with Gasteiger partial charge in [0.05, 0.1) is 28.2 Å². The number of nitrogens with two attached hydrogens (primary N) is 1. The number of anilines is 1. The van der Waals surface area contributed by atoms with Crippen LogP contribution in [0.5, 0.6) is 0 Å². The lowest BCUT2D eigenvalue weighted by atomic mass is 9.78. The van der Waals surface area contributed by atoms with Gasteiger partial charge in [0.15, 0.2) is 5.78 Å². The Bertz CT molecular complexity index is 1170. The maximum atomic E-state index is 13.1. The van der Waals surface area contributed by atoms with Crippen LogP contribution in [0.2, 0.25) is 0 Å². The maximum Gasteiger partial charge on any atom is 0.271 e. The Kier molecular flexibility index (Phi) is 5.22. The normalized spacial score (nSPS) is 19.0. The Balaban J connectivity index is 1.97. The number of allylic oxidation sites excluding steroid dienone is 3. The highest BCUT2D eigenvalue weighted by Crippen LogP contribution is 2.48. The minimum absolute atomic E-state index is 0.0147. The highest BCUT2D eigenvalue weighted by molar-refractivity contribution is 9.10. The van der Waals surface area contributed by atoms with Crippen molar-refractivity contribution in [1.29, 1.82) is 5.26 Å². The molecule has 152 valence electrons. The van der Waals surface area contributed by atoms with Crippen LogP contribution in [0.15, 0.2) is 57.5 Å². The first-order valence-electron chi connectivity index (χ1n) is 9.30. The molecule has 2 heterocycles. The molecule has 1 aliphatic heterocycles. The lowest BCUT2D eigenvalue weighted by Gasteiger charge is -2.39. The van der Waals surface area contributed by atoms with E-state index in [-0.39, 0.29) is 22.9 Å². The molecule has 7 nitrogen and oxygen atoms in total. The molecule has 0 spiro atoms. The second-order valence-electron chi connectivity index (χ2n) is 7.15. The molecule has 4 rings (SSSR count). The van der Waals surface area contributed by atoms with Gasteiger partial charge in [-0.25, -0.2) is 0 Å². The monoisotopic (exact) mass is 484 g/mol. The summed E-state index contributed by atoms with van der Waals surface area (Å²) in [5, 5.41) is 21.3. The van der Waals surface area contributed by atoms with Crippen molar-refractivity contribution >= 4 is 44.4 Å². The third kappa shape index (κ3) is 3.22. The van der Waals surface area contributed by atoms with E-state index in [9.17, 15) is 20.2 Å². The number of nitriles is 1. The first-order valence-corrected chi connectivity index (χ1v) is 10.9. The lowest BCUT2D eigenvalue weighted by Crippen LogP contribution is -2.38. The van der Waals surface area contributed by atoms with Crippen LogP contribution in [0.4, 0.5) is 11.4 Å². The molecule has 1 aliphatic carbocycles. The number of hydrogen-bond donors (Lipinski definition) is 1. The van der Waals surface area contributed by atoms with Gasteiger partial charge in [0.1, 0.15) is 5.82 Å². The first kappa shape index (κ1) is 20.3. The number of thiophene rings is 1. The van der Waals surface area contributed by atoms with Crippen molar-refractivity contribution in [3.05, 3.63) is 77.3 Å². The number of benzene rings is 1. The molecule has 1 atom stereocenters. The number of carbonyl (C=O) groups is 1. The highest BCUT2D eigenvalue weighted by atomic mass is 79.9. The summed E-state index contributed by atoms with van der Waals surface area (Å²) in [5.41, 5.74) is 8.43. The van der Waals surface area contributed by atoms with Crippen molar-refractivity contribution in [2.45, 2.75) is 32.1 Å². The quantitative estimate of drug-likeness (QED) is 0.482. The number of rotatable bonds is 3. The second kappa shape index (κ2) is 7.70. The summed E-state index contributed by atoms with van der Waals surface area (Å²) in [6, 6.07) is 10.2. The van der Waals surface area contributed by atoms with Gasteiger partial charge < -0.3 is 5.73 Å². The number of nitro groups is 1. The van der Waals surface area contributed by atoms with Gasteiger partial charge in [0.25, 0.3) is 5.69 Å². The van der Waals surface area contributed by atoms with Crippen LogP contribution in [0, 0.1) is 28.4 Å². The van der Waals surface area contributed by atoms with E-state index in [0.717, 1.165) is 19.9 Å². The van der Waals surface area contributed by atoms with Crippen molar-refractivity contribution in [2.24, 2.45) is 5.73 Å². The van der Waals surface area contributed by atoms with Gasteiger partial charge in [-0.2, -0.15) is 5.26 Å². The number of nitrogens with zero attached hydrogens (tertiary/aromatic N) is 3. The topological polar surface area (TPSA) is 113 Å². The van der Waals surface area contributed by atoms with E-state index in [2.05, 4.69) is 22.0 Å². The van der Waals surface area contributed by atoms with Crippen molar-refractivity contribution < 1.29 is 9.72 Å². The number of hydrogen-bond acceptors (Lipinski definition) is 7. The molecule has 0 saturated heterocycles.